The molecule has 7 heteroatoms. The molecule has 0 aliphatic rings. The molecule has 1 aromatic heterocycles. The van der Waals surface area contributed by atoms with Crippen LogP contribution in [0, 0.1) is 0 Å². The van der Waals surface area contributed by atoms with Crippen molar-refractivity contribution in [2.75, 3.05) is 7.11 Å². The van der Waals surface area contributed by atoms with Gasteiger partial charge in [-0.25, -0.2) is 0 Å². The number of methoxy groups -OCH3 is 1. The van der Waals surface area contributed by atoms with E-state index in [1.807, 2.05) is 30.3 Å². The number of rotatable bonds is 6. The first-order valence-electron chi connectivity index (χ1n) is 8.44. The predicted molar refractivity (Wildman–Crippen MR) is 100.0 cm³/mol. The fourth-order valence-corrected chi connectivity index (χ4v) is 2.85. The van der Waals surface area contributed by atoms with Crippen molar-refractivity contribution in [2.24, 2.45) is 0 Å². The molecule has 0 aliphatic heterocycles. The fourth-order valence-electron chi connectivity index (χ4n) is 2.85. The summed E-state index contributed by atoms with van der Waals surface area (Å²) in [7, 11) is 1.31. The van der Waals surface area contributed by atoms with E-state index in [1.54, 1.807) is 24.3 Å². The van der Waals surface area contributed by atoms with E-state index in [1.165, 1.54) is 18.0 Å². The minimum absolute atomic E-state index is 0.0184. The minimum Gasteiger partial charge on any atom is -0.469 e. The van der Waals surface area contributed by atoms with Gasteiger partial charge in [0.05, 0.1) is 31.3 Å². The highest BCUT2D eigenvalue weighted by Crippen LogP contribution is 2.17. The number of amides is 1. The Balaban J connectivity index is 1.82. The summed E-state index contributed by atoms with van der Waals surface area (Å²) < 4.78 is 6.19. The lowest BCUT2D eigenvalue weighted by atomic mass is 10.0. The van der Waals surface area contributed by atoms with Crippen molar-refractivity contribution in [2.45, 2.75) is 19.0 Å². The van der Waals surface area contributed by atoms with E-state index >= 15 is 0 Å². The van der Waals surface area contributed by atoms with Crippen LogP contribution < -0.4 is 10.7 Å². The molecule has 1 atom stereocenters. The summed E-state index contributed by atoms with van der Waals surface area (Å²) in [6, 6.07) is 15.6. The summed E-state index contributed by atoms with van der Waals surface area (Å²) in [4.78, 5) is 36.2. The van der Waals surface area contributed by atoms with Crippen molar-refractivity contribution < 1.29 is 14.3 Å². The van der Waals surface area contributed by atoms with Gasteiger partial charge in [0, 0.05) is 5.39 Å². The molecule has 2 aromatic carbocycles. The number of para-hydroxylation sites is 1. The molecule has 0 aliphatic carbocycles. The summed E-state index contributed by atoms with van der Waals surface area (Å²) in [6.45, 7) is -0.0781. The Morgan fingerprint density at radius 3 is 2.56 bits per heavy atom. The second-order valence-corrected chi connectivity index (χ2v) is 5.99. The molecule has 1 heterocycles. The zero-order chi connectivity index (χ0) is 19.2. The Labute approximate surface area is 155 Å². The molecule has 138 valence electrons. The maximum absolute atomic E-state index is 12.6. The van der Waals surface area contributed by atoms with Crippen molar-refractivity contribution in [3.63, 3.8) is 0 Å². The highest BCUT2D eigenvalue weighted by Gasteiger charge is 2.19. The standard InChI is InChI=1S/C20H19N3O4/c1-27-20(26)11-16(14-7-3-2-4-8-14)22-19(25)13-23-17-10-6-5-9-15(17)18(24)12-21-23/h2-10,12,16H,11,13H2,1H3,(H,22,25)/t16-/m1/s1. The molecule has 27 heavy (non-hydrogen) atoms. The van der Waals surface area contributed by atoms with Crippen molar-refractivity contribution in [1.82, 2.24) is 15.1 Å². The number of nitrogens with one attached hydrogen (secondary N) is 1. The van der Waals surface area contributed by atoms with Gasteiger partial charge in [-0.1, -0.05) is 42.5 Å². The zero-order valence-electron chi connectivity index (χ0n) is 14.8. The van der Waals surface area contributed by atoms with E-state index in [0.29, 0.717) is 10.9 Å². The van der Waals surface area contributed by atoms with E-state index in [-0.39, 0.29) is 24.3 Å². The average molecular weight is 365 g/mol. The molecule has 0 bridgehead atoms. The summed E-state index contributed by atoms with van der Waals surface area (Å²) in [5.74, 6) is -0.745. The van der Waals surface area contributed by atoms with E-state index in [4.69, 9.17) is 4.74 Å². The van der Waals surface area contributed by atoms with Crippen molar-refractivity contribution in [3.8, 4) is 0 Å². The lowest BCUT2D eigenvalue weighted by Gasteiger charge is -2.19. The summed E-state index contributed by atoms with van der Waals surface area (Å²) in [5, 5.41) is 7.40. The van der Waals surface area contributed by atoms with E-state index in [9.17, 15) is 14.4 Å². The first kappa shape index (κ1) is 18.3. The third kappa shape index (κ3) is 4.38. The van der Waals surface area contributed by atoms with Crippen LogP contribution in [0.3, 0.4) is 0 Å². The van der Waals surface area contributed by atoms with Crippen LogP contribution in [0.25, 0.3) is 10.9 Å². The molecule has 1 N–H and O–H groups in total. The Hall–Kier alpha value is -3.48. The number of ether oxygens (including phenoxy) is 1. The molecular formula is C20H19N3O4. The summed E-state index contributed by atoms with van der Waals surface area (Å²) in [5.41, 5.74) is 1.17. The second-order valence-electron chi connectivity index (χ2n) is 5.99. The van der Waals surface area contributed by atoms with E-state index in [0.717, 1.165) is 5.56 Å². The van der Waals surface area contributed by atoms with Gasteiger partial charge in [0.1, 0.15) is 6.54 Å². The van der Waals surface area contributed by atoms with Crippen LogP contribution in [-0.2, 0) is 20.9 Å². The van der Waals surface area contributed by atoms with E-state index in [2.05, 4.69) is 10.4 Å². The Morgan fingerprint density at radius 2 is 1.81 bits per heavy atom. The monoisotopic (exact) mass is 365 g/mol. The van der Waals surface area contributed by atoms with Gasteiger partial charge in [-0.2, -0.15) is 5.10 Å². The molecule has 0 radical (unpaired) electrons. The van der Waals surface area contributed by atoms with Gasteiger partial charge >= 0.3 is 5.97 Å². The maximum atomic E-state index is 12.6. The average Bonchev–Trinajstić information content (AvgIpc) is 2.70. The lowest BCUT2D eigenvalue weighted by molar-refractivity contribution is -0.141. The number of nitrogens with zero attached hydrogens (tertiary/aromatic N) is 2. The largest absolute Gasteiger partial charge is 0.469 e. The molecule has 7 nitrogen and oxygen atoms in total. The first-order chi connectivity index (χ1) is 13.1. The Kier molecular flexibility index (Phi) is 5.61. The summed E-state index contributed by atoms with van der Waals surface area (Å²) >= 11 is 0. The normalized spacial score (nSPS) is 11.7. The minimum atomic E-state index is -0.517. The molecule has 3 rings (SSSR count). The van der Waals surface area contributed by atoms with Crippen LogP contribution in [0.1, 0.15) is 18.0 Å². The molecule has 3 aromatic rings. The highest BCUT2D eigenvalue weighted by atomic mass is 16.5. The van der Waals surface area contributed by atoms with Gasteiger partial charge in [-0.15, -0.1) is 0 Å². The number of hydrogen-bond donors (Lipinski definition) is 1. The number of fused-ring (bicyclic) bond motifs is 1. The van der Waals surface area contributed by atoms with Crippen LogP contribution in [0.4, 0.5) is 0 Å². The van der Waals surface area contributed by atoms with Gasteiger partial charge in [0.25, 0.3) is 0 Å². The Morgan fingerprint density at radius 1 is 1.11 bits per heavy atom. The molecule has 0 saturated carbocycles. The Bertz CT molecular complexity index is 1010. The van der Waals surface area contributed by atoms with Crippen molar-refractivity contribution >= 4 is 22.8 Å². The molecule has 1 amide bonds. The van der Waals surface area contributed by atoms with Crippen molar-refractivity contribution in [3.05, 3.63) is 76.6 Å². The lowest BCUT2D eigenvalue weighted by Crippen LogP contribution is -2.34. The number of carbonyl (C=O) groups excluding carboxylic acids is 2. The number of carbonyl (C=O) groups is 2. The third-order valence-electron chi connectivity index (χ3n) is 4.19. The van der Waals surface area contributed by atoms with Crippen LogP contribution in [0.15, 0.2) is 65.6 Å². The fraction of sp³-hybridized carbons (Fsp3) is 0.200. The van der Waals surface area contributed by atoms with Crippen LogP contribution in [0.2, 0.25) is 0 Å². The third-order valence-corrected chi connectivity index (χ3v) is 4.19. The van der Waals surface area contributed by atoms with Gasteiger partial charge in [-0.3, -0.25) is 19.1 Å². The van der Waals surface area contributed by atoms with Gasteiger partial charge < -0.3 is 10.1 Å². The number of esters is 1. The van der Waals surface area contributed by atoms with Gasteiger partial charge in [0.15, 0.2) is 0 Å². The van der Waals surface area contributed by atoms with E-state index < -0.39 is 12.0 Å². The molecule has 0 saturated heterocycles. The zero-order valence-corrected chi connectivity index (χ0v) is 14.8. The van der Waals surface area contributed by atoms with Crippen LogP contribution in [-0.4, -0.2) is 28.8 Å². The molecular weight excluding hydrogens is 346 g/mol. The quantitative estimate of drug-likeness (QED) is 0.673. The molecule has 0 unspecified atom stereocenters. The van der Waals surface area contributed by atoms with Gasteiger partial charge in [0.2, 0.25) is 11.3 Å². The predicted octanol–water partition coefficient (Wildman–Crippen LogP) is 1.82. The van der Waals surface area contributed by atoms with Gasteiger partial charge in [-0.05, 0) is 17.7 Å². The van der Waals surface area contributed by atoms with Crippen LogP contribution >= 0.6 is 0 Å². The van der Waals surface area contributed by atoms with Crippen LogP contribution in [0.5, 0.6) is 0 Å². The summed E-state index contributed by atoms with van der Waals surface area (Å²) in [6.07, 6.45) is 1.21. The number of benzene rings is 2. The highest BCUT2D eigenvalue weighted by molar-refractivity contribution is 5.82. The smallest absolute Gasteiger partial charge is 0.307 e. The first-order valence-corrected chi connectivity index (χ1v) is 8.44. The van der Waals surface area contributed by atoms with Crippen molar-refractivity contribution in [1.29, 1.82) is 0 Å². The second kappa shape index (κ2) is 8.27. The topological polar surface area (TPSA) is 90.3 Å². The number of hydrogen-bond acceptors (Lipinski definition) is 5. The molecule has 0 spiro atoms. The maximum Gasteiger partial charge on any atom is 0.307 e. The SMILES string of the molecule is COC(=O)C[C@@H](NC(=O)Cn1ncc(=O)c2ccccc21)c1ccccc1. The number of aromatic nitrogens is 2. The molecule has 0 fully saturated rings.